The Morgan fingerprint density at radius 1 is 1.32 bits per heavy atom. The minimum atomic E-state index is 0.535. The lowest BCUT2D eigenvalue weighted by Gasteiger charge is -2.07. The molecule has 19 heavy (non-hydrogen) atoms. The molecule has 0 saturated carbocycles. The van der Waals surface area contributed by atoms with Crippen LogP contribution in [0.5, 0.6) is 0 Å². The molecule has 3 aromatic rings. The summed E-state index contributed by atoms with van der Waals surface area (Å²) in [5, 5.41) is 5.44. The topological polar surface area (TPSA) is 63.8 Å². The highest BCUT2D eigenvalue weighted by atomic mass is 32.1. The maximum Gasteiger partial charge on any atom is 0.151 e. The zero-order chi connectivity index (χ0) is 13.2. The monoisotopic (exact) mass is 270 g/mol. The number of hydrogen-bond acceptors (Lipinski definition) is 5. The van der Waals surface area contributed by atoms with Crippen molar-refractivity contribution in [1.29, 1.82) is 0 Å². The molecule has 0 unspecified atom stereocenters. The fraction of sp³-hybridized carbons (Fsp3) is 0.143. The summed E-state index contributed by atoms with van der Waals surface area (Å²) in [6.07, 6.45) is 1.59. The van der Waals surface area contributed by atoms with E-state index in [1.54, 1.807) is 17.7 Å². The number of hydrogen-bond donors (Lipinski definition) is 2. The minimum Gasteiger partial charge on any atom is -0.339 e. The highest BCUT2D eigenvalue weighted by Gasteiger charge is 2.08. The van der Waals surface area contributed by atoms with Gasteiger partial charge in [-0.05, 0) is 35.6 Å². The first kappa shape index (κ1) is 12.1. The molecule has 0 fully saturated rings. The first-order valence-electron chi connectivity index (χ1n) is 6.03. The first-order valence-corrected chi connectivity index (χ1v) is 6.90. The Morgan fingerprint density at radius 3 is 3.05 bits per heavy atom. The third kappa shape index (κ3) is 2.30. The van der Waals surface area contributed by atoms with Gasteiger partial charge < -0.3 is 11.1 Å². The SMILES string of the molecule is Cc1csc2c(Nc3cccc(CN)c3)ncnc12. The van der Waals surface area contributed by atoms with Gasteiger partial charge in [-0.1, -0.05) is 12.1 Å². The number of nitrogens with one attached hydrogen (secondary N) is 1. The Bertz CT molecular complexity index is 720. The molecule has 2 heterocycles. The van der Waals surface area contributed by atoms with E-state index in [-0.39, 0.29) is 0 Å². The van der Waals surface area contributed by atoms with E-state index in [1.807, 2.05) is 24.3 Å². The van der Waals surface area contributed by atoms with Crippen LogP contribution in [-0.4, -0.2) is 9.97 Å². The van der Waals surface area contributed by atoms with Crippen LogP contribution in [0.4, 0.5) is 11.5 Å². The fourth-order valence-corrected chi connectivity index (χ4v) is 2.92. The summed E-state index contributed by atoms with van der Waals surface area (Å²) in [7, 11) is 0. The molecule has 0 saturated heterocycles. The van der Waals surface area contributed by atoms with Crippen LogP contribution in [0.25, 0.3) is 10.2 Å². The van der Waals surface area contributed by atoms with Gasteiger partial charge in [-0.25, -0.2) is 9.97 Å². The van der Waals surface area contributed by atoms with Crippen molar-refractivity contribution in [2.24, 2.45) is 5.73 Å². The number of benzene rings is 1. The predicted octanol–water partition coefficient (Wildman–Crippen LogP) is 3.20. The van der Waals surface area contributed by atoms with E-state index in [1.165, 1.54) is 5.56 Å². The van der Waals surface area contributed by atoms with Crippen LogP contribution < -0.4 is 11.1 Å². The molecule has 1 aromatic carbocycles. The molecular formula is C14H14N4S. The average molecular weight is 270 g/mol. The Labute approximate surface area is 115 Å². The van der Waals surface area contributed by atoms with Gasteiger partial charge in [-0.15, -0.1) is 11.3 Å². The van der Waals surface area contributed by atoms with E-state index in [4.69, 9.17) is 5.73 Å². The van der Waals surface area contributed by atoms with Crippen LogP contribution in [0.15, 0.2) is 36.0 Å². The van der Waals surface area contributed by atoms with Crippen LogP contribution in [0.2, 0.25) is 0 Å². The summed E-state index contributed by atoms with van der Waals surface area (Å²) in [4.78, 5) is 8.64. The van der Waals surface area contributed by atoms with Gasteiger partial charge in [0.25, 0.3) is 0 Å². The summed E-state index contributed by atoms with van der Waals surface area (Å²) in [6.45, 7) is 2.59. The number of nitrogens with zero attached hydrogens (tertiary/aromatic N) is 2. The molecule has 0 bridgehead atoms. The molecule has 0 spiro atoms. The number of aromatic nitrogens is 2. The molecule has 0 aliphatic rings. The van der Waals surface area contributed by atoms with Crippen LogP contribution >= 0.6 is 11.3 Å². The minimum absolute atomic E-state index is 0.535. The van der Waals surface area contributed by atoms with Gasteiger partial charge in [-0.2, -0.15) is 0 Å². The Balaban J connectivity index is 2.00. The molecule has 5 heteroatoms. The maximum atomic E-state index is 5.65. The van der Waals surface area contributed by atoms with Crippen LogP contribution in [-0.2, 0) is 6.54 Å². The van der Waals surface area contributed by atoms with Gasteiger partial charge >= 0.3 is 0 Å². The Kier molecular flexibility index (Phi) is 3.15. The Hall–Kier alpha value is -1.98. The molecule has 0 aliphatic heterocycles. The summed E-state index contributed by atoms with van der Waals surface area (Å²) >= 11 is 1.66. The summed E-state index contributed by atoms with van der Waals surface area (Å²) in [5.74, 6) is 0.845. The number of fused-ring (bicyclic) bond motifs is 1. The van der Waals surface area contributed by atoms with Gasteiger partial charge in [-0.3, -0.25) is 0 Å². The third-order valence-electron chi connectivity index (χ3n) is 2.96. The van der Waals surface area contributed by atoms with E-state index < -0.39 is 0 Å². The largest absolute Gasteiger partial charge is 0.339 e. The van der Waals surface area contributed by atoms with Gasteiger partial charge in [0.2, 0.25) is 0 Å². The maximum absolute atomic E-state index is 5.65. The van der Waals surface area contributed by atoms with Gasteiger partial charge in [0.1, 0.15) is 6.33 Å². The van der Waals surface area contributed by atoms with Crippen molar-refractivity contribution in [1.82, 2.24) is 9.97 Å². The van der Waals surface area contributed by atoms with E-state index in [0.717, 1.165) is 27.3 Å². The van der Waals surface area contributed by atoms with Crippen molar-refractivity contribution in [2.75, 3.05) is 5.32 Å². The van der Waals surface area contributed by atoms with Gasteiger partial charge in [0, 0.05) is 12.2 Å². The van der Waals surface area contributed by atoms with E-state index in [2.05, 4.69) is 27.6 Å². The predicted molar refractivity (Wildman–Crippen MR) is 79.8 cm³/mol. The average Bonchev–Trinajstić information content (AvgIpc) is 2.82. The molecular weight excluding hydrogens is 256 g/mol. The van der Waals surface area contributed by atoms with Crippen LogP contribution in [0.1, 0.15) is 11.1 Å². The summed E-state index contributed by atoms with van der Waals surface area (Å²) in [6, 6.07) is 8.04. The lowest BCUT2D eigenvalue weighted by molar-refractivity contribution is 1.07. The zero-order valence-electron chi connectivity index (χ0n) is 10.6. The van der Waals surface area contributed by atoms with Crippen molar-refractivity contribution >= 4 is 33.1 Å². The molecule has 96 valence electrons. The molecule has 4 nitrogen and oxygen atoms in total. The second-order valence-corrected chi connectivity index (χ2v) is 5.23. The van der Waals surface area contributed by atoms with E-state index >= 15 is 0 Å². The van der Waals surface area contributed by atoms with Gasteiger partial charge in [0.05, 0.1) is 10.2 Å². The number of anilines is 2. The van der Waals surface area contributed by atoms with Crippen molar-refractivity contribution in [3.8, 4) is 0 Å². The van der Waals surface area contributed by atoms with Crippen molar-refractivity contribution in [3.63, 3.8) is 0 Å². The lowest BCUT2D eigenvalue weighted by Crippen LogP contribution is -1.98. The highest BCUT2D eigenvalue weighted by Crippen LogP contribution is 2.30. The molecule has 3 rings (SSSR count). The van der Waals surface area contributed by atoms with E-state index in [0.29, 0.717) is 6.54 Å². The fourth-order valence-electron chi connectivity index (χ4n) is 1.97. The van der Waals surface area contributed by atoms with E-state index in [9.17, 15) is 0 Å². The first-order chi connectivity index (χ1) is 9.28. The smallest absolute Gasteiger partial charge is 0.151 e. The number of aryl methyl sites for hydroxylation is 1. The molecule has 2 aromatic heterocycles. The molecule has 3 N–H and O–H groups in total. The standard InChI is InChI=1S/C14H14N4S/c1-9-7-19-13-12(9)16-8-17-14(13)18-11-4-2-3-10(5-11)6-15/h2-5,7-8H,6,15H2,1H3,(H,16,17,18). The second-order valence-electron chi connectivity index (χ2n) is 4.35. The van der Waals surface area contributed by atoms with Crippen molar-refractivity contribution in [3.05, 3.63) is 47.1 Å². The zero-order valence-corrected chi connectivity index (χ0v) is 11.4. The normalized spacial score (nSPS) is 10.8. The molecule has 0 radical (unpaired) electrons. The van der Waals surface area contributed by atoms with Crippen LogP contribution in [0.3, 0.4) is 0 Å². The van der Waals surface area contributed by atoms with Gasteiger partial charge in [0.15, 0.2) is 5.82 Å². The lowest BCUT2D eigenvalue weighted by atomic mass is 10.2. The number of rotatable bonds is 3. The third-order valence-corrected chi connectivity index (χ3v) is 4.05. The van der Waals surface area contributed by atoms with Crippen LogP contribution in [0, 0.1) is 6.92 Å². The quantitative estimate of drug-likeness (QED) is 0.767. The van der Waals surface area contributed by atoms with Crippen molar-refractivity contribution in [2.45, 2.75) is 13.5 Å². The number of thiophene rings is 1. The summed E-state index contributed by atoms with van der Waals surface area (Å²) < 4.78 is 1.08. The Morgan fingerprint density at radius 2 is 2.21 bits per heavy atom. The number of nitrogens with two attached hydrogens (primary N) is 1. The molecule has 0 amide bonds. The molecule has 0 atom stereocenters. The molecule has 0 aliphatic carbocycles. The summed E-state index contributed by atoms with van der Waals surface area (Å²) in [5.41, 5.74) is 9.94. The second kappa shape index (κ2) is 4.95. The van der Waals surface area contributed by atoms with Crippen molar-refractivity contribution < 1.29 is 0 Å². The highest BCUT2D eigenvalue weighted by molar-refractivity contribution is 7.18.